The molecule has 0 amide bonds. The Bertz CT molecular complexity index is 792. The second-order valence-electron chi connectivity index (χ2n) is 7.43. The normalized spacial score (nSPS) is 26.5. The van der Waals surface area contributed by atoms with Crippen molar-refractivity contribution in [2.45, 2.75) is 50.4 Å². The molecule has 28 heavy (non-hydrogen) atoms. The molecule has 1 saturated carbocycles. The zero-order chi connectivity index (χ0) is 19.9. The minimum atomic E-state index is -0.720. The number of unbranched alkanes of at least 4 members (excludes halogenated alkanes) is 2. The lowest BCUT2D eigenvalue weighted by atomic mass is 9.89. The van der Waals surface area contributed by atoms with Crippen LogP contribution in [0.1, 0.15) is 43.1 Å². The number of hydrogen-bond donors (Lipinski definition) is 3. The van der Waals surface area contributed by atoms with Gasteiger partial charge in [0.05, 0.1) is 12.2 Å². The van der Waals surface area contributed by atoms with Gasteiger partial charge in [-0.05, 0) is 42.7 Å². The summed E-state index contributed by atoms with van der Waals surface area (Å²) in [6, 6.07) is 10.0. The van der Waals surface area contributed by atoms with Crippen molar-refractivity contribution in [1.29, 1.82) is 0 Å². The van der Waals surface area contributed by atoms with Crippen LogP contribution in [0.25, 0.3) is 10.1 Å². The highest BCUT2D eigenvalue weighted by Gasteiger charge is 2.39. The van der Waals surface area contributed by atoms with Crippen LogP contribution in [0.2, 0.25) is 0 Å². The number of aliphatic hydroxyl groups excluding tert-OH is 3. The minimum absolute atomic E-state index is 0.0665. The van der Waals surface area contributed by atoms with Crippen LogP contribution >= 0.6 is 11.3 Å². The number of thiophene rings is 1. The van der Waals surface area contributed by atoms with Gasteiger partial charge < -0.3 is 20.1 Å². The van der Waals surface area contributed by atoms with E-state index in [2.05, 4.69) is 0 Å². The van der Waals surface area contributed by atoms with Gasteiger partial charge in [0.15, 0.2) is 0 Å². The van der Waals surface area contributed by atoms with Gasteiger partial charge in [-0.15, -0.1) is 11.3 Å². The van der Waals surface area contributed by atoms with Crippen LogP contribution in [0.4, 0.5) is 0 Å². The molecule has 0 radical (unpaired) electrons. The third-order valence-corrected chi connectivity index (χ3v) is 6.62. The minimum Gasteiger partial charge on any atom is -0.393 e. The molecule has 0 bridgehead atoms. The fraction of sp³-hybridized carbons (Fsp3) is 0.435. The van der Waals surface area contributed by atoms with Gasteiger partial charge in [-0.3, -0.25) is 0 Å². The first kappa shape index (κ1) is 20.9. The number of benzene rings is 1. The Morgan fingerprint density at radius 2 is 1.96 bits per heavy atom. The third-order valence-electron chi connectivity index (χ3n) is 5.44. The molecule has 1 aliphatic carbocycles. The molecule has 2 aromatic rings. The van der Waals surface area contributed by atoms with E-state index in [1.807, 2.05) is 48.6 Å². The molecule has 1 aromatic carbocycles. The van der Waals surface area contributed by atoms with Gasteiger partial charge in [0.25, 0.3) is 0 Å². The molecule has 1 fully saturated rings. The first-order chi connectivity index (χ1) is 13.6. The molecule has 150 valence electrons. The third kappa shape index (κ3) is 5.17. The molecule has 5 heteroatoms. The van der Waals surface area contributed by atoms with Crippen molar-refractivity contribution in [3.63, 3.8) is 0 Å². The molecule has 3 N–H and O–H groups in total. The molecule has 0 aliphatic heterocycles. The van der Waals surface area contributed by atoms with E-state index in [1.54, 1.807) is 17.4 Å². The molecule has 1 aliphatic rings. The molecule has 3 rings (SSSR count). The van der Waals surface area contributed by atoms with Crippen LogP contribution in [0, 0.1) is 11.8 Å². The average Bonchev–Trinajstić information content (AvgIpc) is 3.23. The summed E-state index contributed by atoms with van der Waals surface area (Å²) in [4.78, 5) is 11.2. The predicted octanol–water partition coefficient (Wildman–Crippen LogP) is 4.16. The first-order valence-electron chi connectivity index (χ1n) is 9.89. The Labute approximate surface area is 169 Å². The average molecular weight is 401 g/mol. The zero-order valence-electron chi connectivity index (χ0n) is 15.9. The predicted molar refractivity (Wildman–Crippen MR) is 113 cm³/mol. The van der Waals surface area contributed by atoms with E-state index >= 15 is 0 Å². The van der Waals surface area contributed by atoms with E-state index in [-0.39, 0.29) is 11.8 Å². The number of carbonyl (C=O) groups is 1. The fourth-order valence-electron chi connectivity index (χ4n) is 3.87. The van der Waals surface area contributed by atoms with Gasteiger partial charge in [0.2, 0.25) is 0 Å². The number of rotatable bonds is 9. The number of hydrogen-bond acceptors (Lipinski definition) is 5. The van der Waals surface area contributed by atoms with Gasteiger partial charge in [-0.25, -0.2) is 0 Å². The molecule has 4 nitrogen and oxygen atoms in total. The van der Waals surface area contributed by atoms with Crippen molar-refractivity contribution in [3.05, 3.63) is 59.5 Å². The van der Waals surface area contributed by atoms with E-state index in [9.17, 15) is 20.1 Å². The molecular formula is C23H28O4S. The zero-order valence-corrected chi connectivity index (χ0v) is 16.7. The van der Waals surface area contributed by atoms with Crippen molar-refractivity contribution in [3.8, 4) is 0 Å². The lowest BCUT2D eigenvalue weighted by Gasteiger charge is -2.19. The molecule has 0 unspecified atom stereocenters. The van der Waals surface area contributed by atoms with Crippen molar-refractivity contribution < 1.29 is 20.1 Å². The molecule has 5 atom stereocenters. The quantitative estimate of drug-likeness (QED) is 0.335. The standard InChI is InChI=1S/C23H28O4S/c24-13-7-3-1-2-4-9-17-18(21(27)15-20(17)26)11-12-19(25)23-14-16-8-5-6-10-22(16)28-23/h2,4-6,8,10-14,17-21,25-27H,1,3,7,9,15H2/b4-2-,12-11+/t17-,18-,19-,20+,21-/m1/s1. The van der Waals surface area contributed by atoms with Crippen molar-refractivity contribution in [2.24, 2.45) is 11.8 Å². The van der Waals surface area contributed by atoms with Crippen LogP contribution in [0.15, 0.2) is 54.6 Å². The second-order valence-corrected chi connectivity index (χ2v) is 8.55. The van der Waals surface area contributed by atoms with Gasteiger partial charge in [0.1, 0.15) is 12.4 Å². The van der Waals surface area contributed by atoms with E-state index in [4.69, 9.17) is 0 Å². The van der Waals surface area contributed by atoms with Crippen LogP contribution < -0.4 is 0 Å². The summed E-state index contributed by atoms with van der Waals surface area (Å²) in [6.45, 7) is 0. The Kier molecular flexibility index (Phi) is 7.57. The summed E-state index contributed by atoms with van der Waals surface area (Å²) in [5, 5.41) is 32.3. The summed E-state index contributed by atoms with van der Waals surface area (Å²) < 4.78 is 1.14. The van der Waals surface area contributed by atoms with Gasteiger partial charge in [0, 0.05) is 28.3 Å². The van der Waals surface area contributed by atoms with Crippen molar-refractivity contribution in [1.82, 2.24) is 0 Å². The summed E-state index contributed by atoms with van der Waals surface area (Å²) in [5.41, 5.74) is 0. The van der Waals surface area contributed by atoms with E-state index in [0.717, 1.165) is 34.1 Å². The van der Waals surface area contributed by atoms with Crippen LogP contribution in [-0.2, 0) is 4.79 Å². The first-order valence-corrected chi connectivity index (χ1v) is 10.7. The monoisotopic (exact) mass is 400 g/mol. The maximum Gasteiger partial charge on any atom is 0.120 e. The Morgan fingerprint density at radius 3 is 2.75 bits per heavy atom. The molecular weight excluding hydrogens is 372 g/mol. The highest BCUT2D eigenvalue weighted by molar-refractivity contribution is 7.19. The maximum atomic E-state index is 10.6. The summed E-state index contributed by atoms with van der Waals surface area (Å²) in [5.74, 6) is -0.248. The van der Waals surface area contributed by atoms with Gasteiger partial charge in [-0.2, -0.15) is 0 Å². The highest BCUT2D eigenvalue weighted by atomic mass is 32.1. The highest BCUT2D eigenvalue weighted by Crippen LogP contribution is 2.37. The maximum absolute atomic E-state index is 10.6. The Balaban J connectivity index is 1.63. The van der Waals surface area contributed by atoms with Gasteiger partial charge in [-0.1, -0.05) is 42.5 Å². The smallest absolute Gasteiger partial charge is 0.120 e. The Hall–Kier alpha value is -1.79. The topological polar surface area (TPSA) is 77.8 Å². The number of fused-ring (bicyclic) bond motifs is 1. The number of aliphatic hydroxyl groups is 3. The SMILES string of the molecule is O=CCCC/C=C\C[C@@H]1[C@@H](/C=C/[C@@H](O)c2cc3ccccc3s2)[C@H](O)C[C@@H]1O. The molecule has 0 spiro atoms. The van der Waals surface area contributed by atoms with Crippen LogP contribution in [0.5, 0.6) is 0 Å². The lowest BCUT2D eigenvalue weighted by molar-refractivity contribution is -0.107. The molecule has 1 heterocycles. The summed E-state index contributed by atoms with van der Waals surface area (Å²) >= 11 is 1.56. The summed E-state index contributed by atoms with van der Waals surface area (Å²) in [7, 11) is 0. The summed E-state index contributed by atoms with van der Waals surface area (Å²) in [6.07, 6.45) is 9.98. The molecule has 1 aromatic heterocycles. The van der Waals surface area contributed by atoms with E-state index < -0.39 is 18.3 Å². The second kappa shape index (κ2) is 10.1. The van der Waals surface area contributed by atoms with Crippen molar-refractivity contribution in [2.75, 3.05) is 0 Å². The van der Waals surface area contributed by atoms with Gasteiger partial charge >= 0.3 is 0 Å². The van der Waals surface area contributed by atoms with Crippen LogP contribution in [0.3, 0.4) is 0 Å². The lowest BCUT2D eigenvalue weighted by Crippen LogP contribution is -2.20. The molecule has 0 saturated heterocycles. The largest absolute Gasteiger partial charge is 0.393 e. The number of aldehydes is 1. The van der Waals surface area contributed by atoms with E-state index in [0.29, 0.717) is 19.3 Å². The van der Waals surface area contributed by atoms with E-state index in [1.165, 1.54) is 0 Å². The number of carbonyl (C=O) groups excluding carboxylic acids is 1. The Morgan fingerprint density at radius 1 is 1.14 bits per heavy atom. The fourth-order valence-corrected chi connectivity index (χ4v) is 4.90. The van der Waals surface area contributed by atoms with Crippen molar-refractivity contribution >= 4 is 27.7 Å². The van der Waals surface area contributed by atoms with Crippen LogP contribution in [-0.4, -0.2) is 33.8 Å². The number of allylic oxidation sites excluding steroid dienone is 2.